The minimum atomic E-state index is -0.330. The van der Waals surface area contributed by atoms with Crippen LogP contribution < -0.4 is 5.32 Å². The lowest BCUT2D eigenvalue weighted by molar-refractivity contribution is 0.306. The summed E-state index contributed by atoms with van der Waals surface area (Å²) in [5.41, 5.74) is 0.447. The van der Waals surface area contributed by atoms with Crippen LogP contribution in [0.2, 0.25) is 0 Å². The van der Waals surface area contributed by atoms with Gasteiger partial charge in [-0.2, -0.15) is 0 Å². The molecule has 1 aliphatic carbocycles. The predicted molar refractivity (Wildman–Crippen MR) is 71.3 cm³/mol. The lowest BCUT2D eigenvalue weighted by atomic mass is 9.80. The second-order valence-electron chi connectivity index (χ2n) is 5.22. The van der Waals surface area contributed by atoms with E-state index in [9.17, 15) is 4.39 Å². The van der Waals surface area contributed by atoms with E-state index in [1.54, 1.807) is 14.0 Å². The molecule has 100 valence electrons. The number of nitrogens with one attached hydrogen (secondary N) is 1. The van der Waals surface area contributed by atoms with E-state index in [0.717, 1.165) is 24.6 Å². The van der Waals surface area contributed by atoms with Gasteiger partial charge in [-0.15, -0.1) is 0 Å². The Labute approximate surface area is 108 Å². The molecule has 0 spiro atoms. The maximum Gasteiger partial charge on any atom is 0.186 e. The molecule has 1 fully saturated rings. The number of anilines is 1. The van der Waals surface area contributed by atoms with Gasteiger partial charge in [0, 0.05) is 13.0 Å². The number of hydrogen-bond donors (Lipinski definition) is 1. The Bertz CT molecular complexity index is 420. The van der Waals surface area contributed by atoms with Gasteiger partial charge in [0.1, 0.15) is 5.82 Å². The highest BCUT2D eigenvalue weighted by atomic mass is 19.1. The standard InChI is InChI=1S/C14H22FN3/c1-4-10-6-5-7-11(8-10)13-17-9(2)12(15)14(16-3)18-13/h10-11H,4-8H2,1-3H3,(H,16,17,18). The molecule has 1 aliphatic rings. The SMILES string of the molecule is CCC1CCCC(c2nc(C)c(F)c(NC)n2)C1. The van der Waals surface area contributed by atoms with Crippen LogP contribution in [-0.2, 0) is 0 Å². The molecule has 0 amide bonds. The van der Waals surface area contributed by atoms with Crippen molar-refractivity contribution >= 4 is 5.82 Å². The number of rotatable bonds is 3. The summed E-state index contributed by atoms with van der Waals surface area (Å²) in [4.78, 5) is 8.69. The van der Waals surface area contributed by atoms with Crippen LogP contribution in [0.1, 0.15) is 56.5 Å². The normalized spacial score (nSPS) is 24.0. The molecule has 3 nitrogen and oxygen atoms in total. The highest BCUT2D eigenvalue weighted by Crippen LogP contribution is 2.36. The zero-order valence-corrected chi connectivity index (χ0v) is 11.5. The molecule has 0 radical (unpaired) electrons. The first-order valence-electron chi connectivity index (χ1n) is 6.87. The monoisotopic (exact) mass is 251 g/mol. The number of aromatic nitrogens is 2. The quantitative estimate of drug-likeness (QED) is 0.891. The Morgan fingerprint density at radius 1 is 1.33 bits per heavy atom. The van der Waals surface area contributed by atoms with E-state index < -0.39 is 0 Å². The predicted octanol–water partition coefficient (Wildman–Crippen LogP) is 3.65. The van der Waals surface area contributed by atoms with Crippen molar-refractivity contribution in [3.63, 3.8) is 0 Å². The summed E-state index contributed by atoms with van der Waals surface area (Å²) >= 11 is 0. The van der Waals surface area contributed by atoms with Gasteiger partial charge >= 0.3 is 0 Å². The average molecular weight is 251 g/mol. The van der Waals surface area contributed by atoms with Gasteiger partial charge in [-0.3, -0.25) is 0 Å². The van der Waals surface area contributed by atoms with Gasteiger partial charge in [-0.05, 0) is 25.7 Å². The van der Waals surface area contributed by atoms with E-state index in [1.165, 1.54) is 19.3 Å². The van der Waals surface area contributed by atoms with Crippen LogP contribution in [0.3, 0.4) is 0 Å². The second kappa shape index (κ2) is 5.63. The zero-order valence-electron chi connectivity index (χ0n) is 11.5. The van der Waals surface area contributed by atoms with Crippen molar-refractivity contribution < 1.29 is 4.39 Å². The van der Waals surface area contributed by atoms with Gasteiger partial charge in [0.2, 0.25) is 0 Å². The van der Waals surface area contributed by atoms with Gasteiger partial charge in [-0.1, -0.05) is 26.2 Å². The first-order chi connectivity index (χ1) is 8.65. The lowest BCUT2D eigenvalue weighted by Crippen LogP contribution is -2.17. The Morgan fingerprint density at radius 2 is 2.11 bits per heavy atom. The van der Waals surface area contributed by atoms with Gasteiger partial charge in [-0.25, -0.2) is 14.4 Å². The summed E-state index contributed by atoms with van der Waals surface area (Å²) < 4.78 is 13.7. The third-order valence-corrected chi connectivity index (χ3v) is 4.00. The molecule has 0 aromatic carbocycles. The molecule has 1 N–H and O–H groups in total. The van der Waals surface area contributed by atoms with E-state index in [2.05, 4.69) is 22.2 Å². The topological polar surface area (TPSA) is 37.8 Å². The molecule has 2 atom stereocenters. The second-order valence-corrected chi connectivity index (χ2v) is 5.22. The van der Waals surface area contributed by atoms with Crippen LogP contribution >= 0.6 is 0 Å². The van der Waals surface area contributed by atoms with Crippen LogP contribution in [0.5, 0.6) is 0 Å². The summed E-state index contributed by atoms with van der Waals surface area (Å²) in [5.74, 6) is 1.99. The third-order valence-electron chi connectivity index (χ3n) is 4.00. The fraction of sp³-hybridized carbons (Fsp3) is 0.714. The van der Waals surface area contributed by atoms with Crippen molar-refractivity contribution in [2.75, 3.05) is 12.4 Å². The van der Waals surface area contributed by atoms with Crippen molar-refractivity contribution in [3.8, 4) is 0 Å². The summed E-state index contributed by atoms with van der Waals surface area (Å²) in [7, 11) is 1.70. The van der Waals surface area contributed by atoms with Gasteiger partial charge in [0.25, 0.3) is 0 Å². The lowest BCUT2D eigenvalue weighted by Gasteiger charge is -2.27. The molecular weight excluding hydrogens is 229 g/mol. The third kappa shape index (κ3) is 2.62. The van der Waals surface area contributed by atoms with Gasteiger partial charge in [0.05, 0.1) is 5.69 Å². The smallest absolute Gasteiger partial charge is 0.186 e. The van der Waals surface area contributed by atoms with Crippen LogP contribution in [0, 0.1) is 18.7 Å². The van der Waals surface area contributed by atoms with Gasteiger partial charge < -0.3 is 5.32 Å². The van der Waals surface area contributed by atoms with Crippen LogP contribution in [0.25, 0.3) is 0 Å². The van der Waals surface area contributed by atoms with Crippen LogP contribution in [0.15, 0.2) is 0 Å². The molecule has 0 saturated heterocycles. The molecule has 0 bridgehead atoms. The van der Waals surface area contributed by atoms with Crippen molar-refractivity contribution in [2.45, 2.75) is 51.9 Å². The largest absolute Gasteiger partial charge is 0.371 e. The first kappa shape index (κ1) is 13.2. The highest BCUT2D eigenvalue weighted by molar-refractivity contribution is 5.37. The molecule has 1 aromatic heterocycles. The van der Waals surface area contributed by atoms with Crippen LogP contribution in [0.4, 0.5) is 10.2 Å². The summed E-state index contributed by atoms with van der Waals surface area (Å²) in [6, 6.07) is 0. The summed E-state index contributed by atoms with van der Waals surface area (Å²) in [5, 5.41) is 2.81. The number of nitrogens with zero attached hydrogens (tertiary/aromatic N) is 2. The maximum absolute atomic E-state index is 13.7. The molecule has 1 saturated carbocycles. The Kier molecular flexibility index (Phi) is 4.15. The van der Waals surface area contributed by atoms with Crippen molar-refractivity contribution in [2.24, 2.45) is 5.92 Å². The molecule has 2 rings (SSSR count). The van der Waals surface area contributed by atoms with E-state index in [-0.39, 0.29) is 5.82 Å². The zero-order chi connectivity index (χ0) is 13.1. The minimum Gasteiger partial charge on any atom is -0.371 e. The van der Waals surface area contributed by atoms with Crippen molar-refractivity contribution in [1.29, 1.82) is 0 Å². The van der Waals surface area contributed by atoms with Gasteiger partial charge in [0.15, 0.2) is 11.6 Å². The number of halogens is 1. The Hall–Kier alpha value is -1.19. The number of hydrogen-bond acceptors (Lipinski definition) is 3. The van der Waals surface area contributed by atoms with Crippen LogP contribution in [-0.4, -0.2) is 17.0 Å². The molecule has 0 aliphatic heterocycles. The van der Waals surface area contributed by atoms with Crippen molar-refractivity contribution in [3.05, 3.63) is 17.3 Å². The van der Waals surface area contributed by atoms with Crippen molar-refractivity contribution in [1.82, 2.24) is 9.97 Å². The molecule has 1 aromatic rings. The molecule has 1 heterocycles. The Balaban J connectivity index is 2.24. The molecular formula is C14H22FN3. The molecule has 18 heavy (non-hydrogen) atoms. The summed E-state index contributed by atoms with van der Waals surface area (Å²) in [6.45, 7) is 3.95. The fourth-order valence-electron chi connectivity index (χ4n) is 2.83. The summed E-state index contributed by atoms with van der Waals surface area (Å²) in [6.07, 6.45) is 6.04. The minimum absolute atomic E-state index is 0.330. The molecule has 2 unspecified atom stereocenters. The Morgan fingerprint density at radius 3 is 2.78 bits per heavy atom. The first-order valence-corrected chi connectivity index (χ1v) is 6.87. The highest BCUT2D eigenvalue weighted by Gasteiger charge is 2.25. The maximum atomic E-state index is 13.7. The fourth-order valence-corrected chi connectivity index (χ4v) is 2.83. The molecule has 4 heteroatoms. The number of aryl methyl sites for hydroxylation is 1. The van der Waals surface area contributed by atoms with E-state index in [1.807, 2.05) is 0 Å². The average Bonchev–Trinajstić information content (AvgIpc) is 2.41. The van der Waals surface area contributed by atoms with E-state index >= 15 is 0 Å². The van der Waals surface area contributed by atoms with E-state index in [4.69, 9.17) is 0 Å². The van der Waals surface area contributed by atoms with E-state index in [0.29, 0.717) is 17.4 Å².